The zero-order valence-electron chi connectivity index (χ0n) is 13.2. The van der Waals surface area contributed by atoms with E-state index in [9.17, 15) is 4.79 Å². The summed E-state index contributed by atoms with van der Waals surface area (Å²) in [6, 6.07) is 13.2. The Bertz CT molecular complexity index is 911. The maximum Gasteiger partial charge on any atom is 0.251 e. The normalized spacial score (nSPS) is 10.5. The number of aromatic amines is 1. The first-order chi connectivity index (χ1) is 11.1. The van der Waals surface area contributed by atoms with Crippen LogP contribution in [0.2, 0.25) is 0 Å². The predicted octanol–water partition coefficient (Wildman–Crippen LogP) is 3.70. The van der Waals surface area contributed by atoms with Crippen LogP contribution >= 0.6 is 0 Å². The number of fused-ring (bicyclic) bond motifs is 1. The van der Waals surface area contributed by atoms with Gasteiger partial charge in [-0.05, 0) is 61.4 Å². The summed E-state index contributed by atoms with van der Waals surface area (Å²) in [7, 11) is 0. The molecule has 0 saturated carbocycles. The summed E-state index contributed by atoms with van der Waals surface area (Å²) in [5, 5.41) is 4.14. The Labute approximate surface area is 135 Å². The van der Waals surface area contributed by atoms with Gasteiger partial charge >= 0.3 is 0 Å². The minimum atomic E-state index is -0.101. The molecule has 0 unspecified atom stereocenters. The Morgan fingerprint density at radius 1 is 1.17 bits per heavy atom. The minimum Gasteiger partial charge on any atom is -0.358 e. The number of amides is 1. The number of carbonyl (C=O) groups is 1. The second kappa shape index (κ2) is 6.02. The SMILES string of the molecule is C#Cc1ccc(C(=O)NCc2ccc3[nH]c(C)c(C)c3c2)cc1. The van der Waals surface area contributed by atoms with E-state index in [1.807, 2.05) is 6.07 Å². The number of hydrogen-bond acceptors (Lipinski definition) is 1. The molecule has 1 amide bonds. The number of nitrogens with one attached hydrogen (secondary N) is 2. The molecule has 0 spiro atoms. The molecule has 2 aromatic carbocycles. The van der Waals surface area contributed by atoms with Crippen molar-refractivity contribution in [3.8, 4) is 12.3 Å². The van der Waals surface area contributed by atoms with Gasteiger partial charge in [-0.15, -0.1) is 6.42 Å². The Kier molecular flexibility index (Phi) is 3.91. The highest BCUT2D eigenvalue weighted by atomic mass is 16.1. The summed E-state index contributed by atoms with van der Waals surface area (Å²) in [6.45, 7) is 4.66. The molecule has 23 heavy (non-hydrogen) atoms. The van der Waals surface area contributed by atoms with Gasteiger partial charge in [-0.3, -0.25) is 4.79 Å². The van der Waals surface area contributed by atoms with Crippen molar-refractivity contribution < 1.29 is 4.79 Å². The summed E-state index contributed by atoms with van der Waals surface area (Å²) >= 11 is 0. The molecule has 0 bridgehead atoms. The molecule has 0 aliphatic carbocycles. The molecule has 3 heteroatoms. The van der Waals surface area contributed by atoms with Crippen LogP contribution < -0.4 is 5.32 Å². The number of aromatic nitrogens is 1. The van der Waals surface area contributed by atoms with Gasteiger partial charge in [0.2, 0.25) is 0 Å². The number of hydrogen-bond donors (Lipinski definition) is 2. The molecule has 0 atom stereocenters. The van der Waals surface area contributed by atoms with Crippen LogP contribution in [0, 0.1) is 26.2 Å². The minimum absolute atomic E-state index is 0.101. The number of rotatable bonds is 3. The first kappa shape index (κ1) is 14.9. The van der Waals surface area contributed by atoms with Gasteiger partial charge in [0.05, 0.1) is 0 Å². The van der Waals surface area contributed by atoms with Crippen molar-refractivity contribution in [2.45, 2.75) is 20.4 Å². The second-order valence-corrected chi connectivity index (χ2v) is 5.66. The van der Waals surface area contributed by atoms with E-state index in [2.05, 4.69) is 42.2 Å². The molecular weight excluding hydrogens is 284 g/mol. The van der Waals surface area contributed by atoms with Crippen LogP contribution in [0.3, 0.4) is 0 Å². The molecular formula is C20H18N2O. The third-order valence-corrected chi connectivity index (χ3v) is 4.14. The fourth-order valence-corrected chi connectivity index (χ4v) is 2.62. The molecule has 3 aromatic rings. The van der Waals surface area contributed by atoms with Gasteiger partial charge in [0.1, 0.15) is 0 Å². The average molecular weight is 302 g/mol. The fourth-order valence-electron chi connectivity index (χ4n) is 2.62. The molecule has 0 fully saturated rings. The number of terminal acetylenes is 1. The highest BCUT2D eigenvalue weighted by Crippen LogP contribution is 2.22. The molecule has 114 valence electrons. The third kappa shape index (κ3) is 2.97. The average Bonchev–Trinajstić information content (AvgIpc) is 2.87. The topological polar surface area (TPSA) is 44.9 Å². The standard InChI is InChI=1S/C20H18N2O/c1-4-15-5-8-17(9-6-15)20(23)21-12-16-7-10-19-18(11-16)13(2)14(3)22-19/h1,5-11,22H,12H2,2-3H3,(H,21,23). The van der Waals surface area contributed by atoms with Gasteiger partial charge < -0.3 is 10.3 Å². The van der Waals surface area contributed by atoms with E-state index < -0.39 is 0 Å². The highest BCUT2D eigenvalue weighted by molar-refractivity contribution is 5.94. The largest absolute Gasteiger partial charge is 0.358 e. The molecule has 0 radical (unpaired) electrons. The van der Waals surface area contributed by atoms with Crippen LogP contribution in [-0.2, 0) is 6.54 Å². The highest BCUT2D eigenvalue weighted by Gasteiger charge is 2.07. The summed E-state index contributed by atoms with van der Waals surface area (Å²) in [6.07, 6.45) is 5.32. The van der Waals surface area contributed by atoms with Crippen molar-refractivity contribution in [3.63, 3.8) is 0 Å². The van der Waals surface area contributed by atoms with Crippen molar-refractivity contribution in [3.05, 3.63) is 70.4 Å². The van der Waals surface area contributed by atoms with Gasteiger partial charge in [0.25, 0.3) is 5.91 Å². The molecule has 0 aliphatic rings. The van der Waals surface area contributed by atoms with E-state index in [0.29, 0.717) is 12.1 Å². The maximum absolute atomic E-state index is 12.2. The smallest absolute Gasteiger partial charge is 0.251 e. The van der Waals surface area contributed by atoms with E-state index in [4.69, 9.17) is 6.42 Å². The van der Waals surface area contributed by atoms with Crippen molar-refractivity contribution in [2.24, 2.45) is 0 Å². The monoisotopic (exact) mass is 302 g/mol. The van der Waals surface area contributed by atoms with Gasteiger partial charge in [0.15, 0.2) is 0 Å². The lowest BCUT2D eigenvalue weighted by Gasteiger charge is -2.06. The summed E-state index contributed by atoms with van der Waals surface area (Å²) in [4.78, 5) is 15.5. The van der Waals surface area contributed by atoms with Crippen molar-refractivity contribution in [2.75, 3.05) is 0 Å². The lowest BCUT2D eigenvalue weighted by atomic mass is 10.1. The summed E-state index contributed by atoms with van der Waals surface area (Å²) < 4.78 is 0. The van der Waals surface area contributed by atoms with E-state index in [1.165, 1.54) is 16.6 Å². The zero-order valence-corrected chi connectivity index (χ0v) is 13.2. The summed E-state index contributed by atoms with van der Waals surface area (Å²) in [5.41, 5.74) is 6.00. The lowest BCUT2D eigenvalue weighted by Crippen LogP contribution is -2.22. The second-order valence-electron chi connectivity index (χ2n) is 5.66. The third-order valence-electron chi connectivity index (χ3n) is 4.14. The van der Waals surface area contributed by atoms with Gasteiger partial charge in [-0.25, -0.2) is 0 Å². The molecule has 1 aromatic heterocycles. The lowest BCUT2D eigenvalue weighted by molar-refractivity contribution is 0.0951. The Morgan fingerprint density at radius 2 is 1.91 bits per heavy atom. The first-order valence-electron chi connectivity index (χ1n) is 7.51. The quantitative estimate of drug-likeness (QED) is 0.712. The van der Waals surface area contributed by atoms with Gasteiger partial charge in [-0.1, -0.05) is 12.0 Å². The molecule has 3 nitrogen and oxygen atoms in total. The van der Waals surface area contributed by atoms with E-state index in [-0.39, 0.29) is 5.91 Å². The molecule has 0 saturated heterocycles. The molecule has 0 aliphatic heterocycles. The van der Waals surface area contributed by atoms with Gasteiger partial charge in [0, 0.05) is 34.3 Å². The number of aryl methyl sites for hydroxylation is 2. The Morgan fingerprint density at radius 3 is 2.61 bits per heavy atom. The van der Waals surface area contributed by atoms with Crippen LogP contribution in [0.25, 0.3) is 10.9 Å². The van der Waals surface area contributed by atoms with E-state index in [0.717, 1.165) is 16.6 Å². The van der Waals surface area contributed by atoms with Crippen LogP contribution in [0.4, 0.5) is 0 Å². The van der Waals surface area contributed by atoms with Crippen molar-refractivity contribution in [1.82, 2.24) is 10.3 Å². The Hall–Kier alpha value is -2.99. The molecule has 3 rings (SSSR count). The van der Waals surface area contributed by atoms with Crippen LogP contribution in [-0.4, -0.2) is 10.9 Å². The van der Waals surface area contributed by atoms with Gasteiger partial charge in [-0.2, -0.15) is 0 Å². The van der Waals surface area contributed by atoms with Crippen molar-refractivity contribution >= 4 is 16.8 Å². The fraction of sp³-hybridized carbons (Fsp3) is 0.150. The maximum atomic E-state index is 12.2. The number of benzene rings is 2. The van der Waals surface area contributed by atoms with Crippen LogP contribution in [0.1, 0.15) is 32.7 Å². The van der Waals surface area contributed by atoms with Crippen LogP contribution in [0.5, 0.6) is 0 Å². The first-order valence-corrected chi connectivity index (χ1v) is 7.51. The van der Waals surface area contributed by atoms with E-state index in [1.54, 1.807) is 24.3 Å². The predicted molar refractivity (Wildman–Crippen MR) is 93.3 cm³/mol. The molecule has 1 heterocycles. The van der Waals surface area contributed by atoms with Crippen molar-refractivity contribution in [1.29, 1.82) is 0 Å². The number of carbonyl (C=O) groups excluding carboxylic acids is 1. The van der Waals surface area contributed by atoms with Crippen LogP contribution in [0.15, 0.2) is 42.5 Å². The summed E-state index contributed by atoms with van der Waals surface area (Å²) in [5.74, 6) is 2.44. The Balaban J connectivity index is 1.73. The molecule has 2 N–H and O–H groups in total. The van der Waals surface area contributed by atoms with E-state index >= 15 is 0 Å². The number of H-pyrrole nitrogens is 1. The zero-order chi connectivity index (χ0) is 16.4.